The quantitative estimate of drug-likeness (QED) is 0.0596. The standard InChI is InChI=1S/C70H79NO/c1-7-13-39-68(40-14-8-2)62-25-21-19-23-56(62)59-36-32-53(46-65(59)68)71(54-33-37-60-57-24-20-22-26-63(57)69(41-15-9-3,42-16-10-4)66(60)47-54)55-34-38-61-58-35-31-52(51-29-27-50(49-72)28-30-51)45-64(58)70(43-17-11-5,44-18-12-6)67(61)48-55/h19-38,45-49H,7-18,39-44H2,1-6H3. The van der Waals surface area contributed by atoms with Gasteiger partial charge in [0.15, 0.2) is 0 Å². The number of benzene rings is 7. The van der Waals surface area contributed by atoms with Gasteiger partial charge in [-0.1, -0.05) is 222 Å². The zero-order valence-corrected chi connectivity index (χ0v) is 44.5. The lowest BCUT2D eigenvalue weighted by molar-refractivity contribution is 0.112. The van der Waals surface area contributed by atoms with Crippen molar-refractivity contribution in [3.8, 4) is 44.5 Å². The number of nitrogens with zero attached hydrogens (tertiary/aromatic N) is 1. The fourth-order valence-corrected chi connectivity index (χ4v) is 14.0. The minimum atomic E-state index is -0.124. The largest absolute Gasteiger partial charge is 0.310 e. The molecule has 0 amide bonds. The molecule has 0 fully saturated rings. The lowest BCUT2D eigenvalue weighted by atomic mass is 9.70. The van der Waals surface area contributed by atoms with Crippen LogP contribution in [-0.2, 0) is 16.2 Å². The first-order valence-corrected chi connectivity index (χ1v) is 28.5. The molecule has 7 aromatic rings. The third-order valence-corrected chi connectivity index (χ3v) is 17.7. The lowest BCUT2D eigenvalue weighted by Gasteiger charge is -2.36. The molecule has 0 atom stereocenters. The summed E-state index contributed by atoms with van der Waals surface area (Å²) in [6, 6.07) is 56.9. The molecule has 0 radical (unpaired) electrons. The number of anilines is 3. The maximum atomic E-state index is 11.7. The van der Waals surface area contributed by atoms with Crippen LogP contribution in [0.25, 0.3) is 44.5 Å². The van der Waals surface area contributed by atoms with Gasteiger partial charge in [0.2, 0.25) is 0 Å². The highest BCUT2D eigenvalue weighted by Crippen LogP contribution is 2.60. The number of aldehydes is 1. The van der Waals surface area contributed by atoms with E-state index in [-0.39, 0.29) is 16.2 Å². The molecule has 0 heterocycles. The molecule has 0 aliphatic heterocycles. The van der Waals surface area contributed by atoms with Gasteiger partial charge in [-0.25, -0.2) is 0 Å². The summed E-state index contributed by atoms with van der Waals surface area (Å²) in [6.45, 7) is 14.2. The first-order valence-electron chi connectivity index (χ1n) is 28.5. The Morgan fingerprint density at radius 3 is 1.00 bits per heavy atom. The Labute approximate surface area is 433 Å². The molecule has 370 valence electrons. The predicted molar refractivity (Wildman–Crippen MR) is 308 cm³/mol. The number of rotatable bonds is 23. The molecule has 0 bridgehead atoms. The van der Waals surface area contributed by atoms with Crippen molar-refractivity contribution in [2.45, 2.75) is 173 Å². The smallest absolute Gasteiger partial charge is 0.150 e. The van der Waals surface area contributed by atoms with E-state index in [1.54, 1.807) is 0 Å². The Morgan fingerprint density at radius 2 is 0.639 bits per heavy atom. The number of carbonyl (C=O) groups is 1. The highest BCUT2D eigenvalue weighted by Gasteiger charge is 2.46. The average Bonchev–Trinajstić information content (AvgIpc) is 3.97. The van der Waals surface area contributed by atoms with Gasteiger partial charge in [0.05, 0.1) is 0 Å². The van der Waals surface area contributed by atoms with Gasteiger partial charge < -0.3 is 4.90 Å². The van der Waals surface area contributed by atoms with Gasteiger partial charge in [0.25, 0.3) is 0 Å². The van der Waals surface area contributed by atoms with Crippen molar-refractivity contribution >= 4 is 23.3 Å². The average molecular weight is 950 g/mol. The zero-order chi connectivity index (χ0) is 49.9. The molecule has 3 aliphatic carbocycles. The maximum absolute atomic E-state index is 11.7. The SMILES string of the molecule is CCCCC1(CCCC)c2ccccc2-c2ccc(N(c3ccc4c(c3)C(CCCC)(CCCC)c3ccccc3-4)c3ccc4c(c3)C(CCCC)(CCCC)c3cc(-c5ccc(C=O)cc5)ccc3-4)cc21. The summed E-state index contributed by atoms with van der Waals surface area (Å²) < 4.78 is 0. The molecule has 2 nitrogen and oxygen atoms in total. The monoisotopic (exact) mass is 950 g/mol. The van der Waals surface area contributed by atoms with Crippen LogP contribution in [0.1, 0.15) is 201 Å². The number of carbonyl (C=O) groups excluding carboxylic acids is 1. The molecular weight excluding hydrogens is 871 g/mol. The van der Waals surface area contributed by atoms with Crippen molar-refractivity contribution in [2.75, 3.05) is 4.90 Å². The van der Waals surface area contributed by atoms with Gasteiger partial charge in [-0.2, -0.15) is 0 Å². The second kappa shape index (κ2) is 21.2. The van der Waals surface area contributed by atoms with E-state index in [1.165, 1.54) is 179 Å². The van der Waals surface area contributed by atoms with Crippen LogP contribution in [0, 0.1) is 0 Å². The number of hydrogen-bond donors (Lipinski definition) is 0. The third kappa shape index (κ3) is 8.39. The van der Waals surface area contributed by atoms with Crippen LogP contribution in [0.4, 0.5) is 17.1 Å². The number of fused-ring (bicyclic) bond motifs is 9. The second-order valence-corrected chi connectivity index (χ2v) is 22.0. The molecule has 7 aromatic carbocycles. The molecule has 2 heteroatoms. The fraction of sp³-hybridized carbons (Fsp3) is 0.386. The van der Waals surface area contributed by atoms with Crippen LogP contribution in [0.5, 0.6) is 0 Å². The molecule has 0 unspecified atom stereocenters. The van der Waals surface area contributed by atoms with Crippen LogP contribution in [0.2, 0.25) is 0 Å². The molecule has 3 aliphatic rings. The van der Waals surface area contributed by atoms with E-state index in [4.69, 9.17) is 0 Å². The molecule has 0 N–H and O–H groups in total. The molecule has 0 spiro atoms. The highest BCUT2D eigenvalue weighted by atomic mass is 16.1. The second-order valence-electron chi connectivity index (χ2n) is 22.0. The summed E-state index contributed by atoms with van der Waals surface area (Å²) in [5.74, 6) is 0. The summed E-state index contributed by atoms with van der Waals surface area (Å²) in [5.41, 5.74) is 24.2. The Balaban J connectivity index is 1.21. The van der Waals surface area contributed by atoms with Crippen molar-refractivity contribution < 1.29 is 4.79 Å². The van der Waals surface area contributed by atoms with E-state index < -0.39 is 0 Å². The van der Waals surface area contributed by atoms with Gasteiger partial charge in [-0.3, -0.25) is 4.79 Å². The fourth-order valence-electron chi connectivity index (χ4n) is 14.0. The minimum absolute atomic E-state index is 0.0189. The van der Waals surface area contributed by atoms with Crippen molar-refractivity contribution in [2.24, 2.45) is 0 Å². The summed E-state index contributed by atoms with van der Waals surface area (Å²) in [6.07, 6.45) is 22.1. The van der Waals surface area contributed by atoms with E-state index in [9.17, 15) is 4.79 Å². The Morgan fingerprint density at radius 1 is 0.333 bits per heavy atom. The van der Waals surface area contributed by atoms with E-state index in [1.807, 2.05) is 12.1 Å². The maximum Gasteiger partial charge on any atom is 0.150 e. The first kappa shape index (κ1) is 49.6. The first-order chi connectivity index (χ1) is 35.3. The molecule has 0 saturated carbocycles. The van der Waals surface area contributed by atoms with Crippen LogP contribution in [0.15, 0.2) is 146 Å². The van der Waals surface area contributed by atoms with Gasteiger partial charge >= 0.3 is 0 Å². The number of hydrogen-bond acceptors (Lipinski definition) is 2. The molecule has 0 aromatic heterocycles. The van der Waals surface area contributed by atoms with Gasteiger partial charge in [-0.05, 0) is 159 Å². The van der Waals surface area contributed by atoms with Crippen LogP contribution in [0.3, 0.4) is 0 Å². The van der Waals surface area contributed by atoms with E-state index in [0.29, 0.717) is 5.56 Å². The van der Waals surface area contributed by atoms with Gasteiger partial charge in [0.1, 0.15) is 6.29 Å². The summed E-state index contributed by atoms with van der Waals surface area (Å²) >= 11 is 0. The molecule has 0 saturated heterocycles. The van der Waals surface area contributed by atoms with Crippen LogP contribution >= 0.6 is 0 Å². The predicted octanol–water partition coefficient (Wildman–Crippen LogP) is 20.6. The lowest BCUT2D eigenvalue weighted by Crippen LogP contribution is -2.27. The topological polar surface area (TPSA) is 20.3 Å². The van der Waals surface area contributed by atoms with E-state index in [0.717, 1.165) is 37.5 Å². The van der Waals surface area contributed by atoms with Crippen molar-refractivity contribution in [3.63, 3.8) is 0 Å². The van der Waals surface area contributed by atoms with Crippen molar-refractivity contribution in [1.82, 2.24) is 0 Å². The van der Waals surface area contributed by atoms with Crippen LogP contribution < -0.4 is 4.90 Å². The zero-order valence-electron chi connectivity index (χ0n) is 44.5. The third-order valence-electron chi connectivity index (χ3n) is 17.7. The Kier molecular flexibility index (Phi) is 14.6. The summed E-state index contributed by atoms with van der Waals surface area (Å²) in [4.78, 5) is 14.3. The number of unbranched alkanes of at least 4 members (excludes halogenated alkanes) is 6. The highest BCUT2D eigenvalue weighted by molar-refractivity contribution is 5.91. The summed E-state index contributed by atoms with van der Waals surface area (Å²) in [7, 11) is 0. The molecular formula is C70H79NO. The van der Waals surface area contributed by atoms with Crippen molar-refractivity contribution in [1.29, 1.82) is 0 Å². The van der Waals surface area contributed by atoms with Crippen molar-refractivity contribution in [3.05, 3.63) is 185 Å². The van der Waals surface area contributed by atoms with E-state index in [2.05, 4.69) is 180 Å². The molecule has 72 heavy (non-hydrogen) atoms. The van der Waals surface area contributed by atoms with E-state index >= 15 is 0 Å². The Bertz CT molecular complexity index is 2900. The van der Waals surface area contributed by atoms with Gasteiger partial charge in [-0.15, -0.1) is 0 Å². The minimum Gasteiger partial charge on any atom is -0.310 e. The van der Waals surface area contributed by atoms with Crippen LogP contribution in [-0.4, -0.2) is 6.29 Å². The normalized spacial score (nSPS) is 14.8. The summed E-state index contributed by atoms with van der Waals surface area (Å²) in [5, 5.41) is 0. The van der Waals surface area contributed by atoms with Gasteiger partial charge in [0, 0.05) is 38.9 Å². The molecule has 10 rings (SSSR count). The Hall–Kier alpha value is -5.99.